The number of hydrogen-bond acceptors (Lipinski definition) is 4. The molecule has 0 unspecified atom stereocenters. The van der Waals surface area contributed by atoms with E-state index in [4.69, 9.17) is 14.9 Å². The molecule has 3 N–H and O–H groups in total. The van der Waals surface area contributed by atoms with Crippen molar-refractivity contribution in [2.75, 3.05) is 6.61 Å². The van der Waals surface area contributed by atoms with Crippen molar-refractivity contribution in [1.82, 2.24) is 5.32 Å². The zero-order chi connectivity index (χ0) is 15.8. The van der Waals surface area contributed by atoms with Crippen LogP contribution in [0.25, 0.3) is 0 Å². The van der Waals surface area contributed by atoms with Crippen LogP contribution in [0.5, 0.6) is 5.75 Å². The number of nitrogens with one attached hydrogen (secondary N) is 1. The van der Waals surface area contributed by atoms with Gasteiger partial charge in [-0.05, 0) is 30.0 Å². The summed E-state index contributed by atoms with van der Waals surface area (Å²) in [6.07, 6.45) is 0.546. The third-order valence-electron chi connectivity index (χ3n) is 2.82. The first-order valence-corrected chi connectivity index (χ1v) is 6.78. The molecule has 0 bridgehead atoms. The summed E-state index contributed by atoms with van der Waals surface area (Å²) in [7, 11) is 0. The van der Waals surface area contributed by atoms with E-state index in [0.717, 1.165) is 5.56 Å². The quantitative estimate of drug-likeness (QED) is 0.642. The second kappa shape index (κ2) is 8.26. The van der Waals surface area contributed by atoms with Gasteiger partial charge in [-0.25, -0.2) is 4.79 Å². The lowest BCUT2D eigenvalue weighted by molar-refractivity contribution is -0.140. The molecule has 0 saturated carbocycles. The summed E-state index contributed by atoms with van der Waals surface area (Å²) in [5.74, 6) is -1.18. The molecule has 6 nitrogen and oxygen atoms in total. The lowest BCUT2D eigenvalue weighted by Gasteiger charge is -2.16. The molecule has 1 atom stereocenters. The Labute approximate surface area is 123 Å². The smallest absolute Gasteiger partial charge is 0.341 e. The highest BCUT2D eigenvalue weighted by molar-refractivity contribution is 5.73. The molecule has 21 heavy (non-hydrogen) atoms. The van der Waals surface area contributed by atoms with Crippen molar-refractivity contribution < 1.29 is 24.5 Å². The van der Waals surface area contributed by atoms with Crippen molar-refractivity contribution in [3.63, 3.8) is 0 Å². The number of carboxylic acids is 2. The van der Waals surface area contributed by atoms with Crippen LogP contribution >= 0.6 is 0 Å². The Kier molecular flexibility index (Phi) is 6.68. The Balaban J connectivity index is 2.59. The molecule has 1 aromatic rings. The van der Waals surface area contributed by atoms with E-state index >= 15 is 0 Å². The van der Waals surface area contributed by atoms with Gasteiger partial charge in [0.15, 0.2) is 6.61 Å². The van der Waals surface area contributed by atoms with Gasteiger partial charge in [-0.2, -0.15) is 0 Å². The maximum Gasteiger partial charge on any atom is 0.341 e. The number of carboxylic acid groups (broad SMARTS) is 2. The Morgan fingerprint density at radius 2 is 2.00 bits per heavy atom. The zero-order valence-corrected chi connectivity index (χ0v) is 12.2. The van der Waals surface area contributed by atoms with E-state index in [1.165, 1.54) is 0 Å². The Hall–Kier alpha value is -2.08. The van der Waals surface area contributed by atoms with Gasteiger partial charge in [-0.15, -0.1) is 0 Å². The highest BCUT2D eigenvalue weighted by Crippen LogP contribution is 2.14. The van der Waals surface area contributed by atoms with Crippen LogP contribution in [0.3, 0.4) is 0 Å². The fraction of sp³-hybridized carbons (Fsp3) is 0.467. The average Bonchev–Trinajstić information content (AvgIpc) is 2.41. The lowest BCUT2D eigenvalue weighted by Crippen LogP contribution is -2.37. The van der Waals surface area contributed by atoms with Gasteiger partial charge in [0, 0.05) is 6.54 Å². The van der Waals surface area contributed by atoms with Crippen LogP contribution in [-0.2, 0) is 16.1 Å². The van der Waals surface area contributed by atoms with Gasteiger partial charge >= 0.3 is 11.9 Å². The van der Waals surface area contributed by atoms with Gasteiger partial charge in [-0.1, -0.05) is 26.0 Å². The predicted molar refractivity (Wildman–Crippen MR) is 77.3 cm³/mol. The van der Waals surface area contributed by atoms with E-state index in [0.29, 0.717) is 18.7 Å². The molecule has 0 heterocycles. The Morgan fingerprint density at radius 1 is 1.29 bits per heavy atom. The first-order chi connectivity index (χ1) is 9.88. The molecular formula is C15H21NO5. The molecule has 0 aromatic heterocycles. The minimum atomic E-state index is -1.04. The molecule has 0 amide bonds. The normalized spacial score (nSPS) is 12.1. The monoisotopic (exact) mass is 295 g/mol. The van der Waals surface area contributed by atoms with Gasteiger partial charge in [0.05, 0.1) is 0 Å². The third-order valence-corrected chi connectivity index (χ3v) is 2.82. The molecular weight excluding hydrogens is 274 g/mol. The van der Waals surface area contributed by atoms with Crippen molar-refractivity contribution in [2.24, 2.45) is 5.92 Å². The number of ether oxygens (including phenoxy) is 1. The van der Waals surface area contributed by atoms with Gasteiger partial charge in [-0.3, -0.25) is 4.79 Å². The number of rotatable bonds is 9. The van der Waals surface area contributed by atoms with Crippen LogP contribution in [0.1, 0.15) is 25.8 Å². The maximum absolute atomic E-state index is 11.1. The van der Waals surface area contributed by atoms with Gasteiger partial charge in [0.1, 0.15) is 11.8 Å². The highest BCUT2D eigenvalue weighted by Gasteiger charge is 2.17. The fourth-order valence-electron chi connectivity index (χ4n) is 1.87. The van der Waals surface area contributed by atoms with E-state index in [1.807, 2.05) is 19.9 Å². The Bertz CT molecular complexity index is 487. The first-order valence-electron chi connectivity index (χ1n) is 6.78. The summed E-state index contributed by atoms with van der Waals surface area (Å²) in [5, 5.41) is 20.7. The van der Waals surface area contributed by atoms with E-state index in [2.05, 4.69) is 5.32 Å². The summed E-state index contributed by atoms with van der Waals surface area (Å²) in [4.78, 5) is 21.6. The summed E-state index contributed by atoms with van der Waals surface area (Å²) >= 11 is 0. The molecule has 116 valence electrons. The minimum Gasteiger partial charge on any atom is -0.482 e. The first kappa shape index (κ1) is 17.0. The molecule has 0 spiro atoms. The zero-order valence-electron chi connectivity index (χ0n) is 12.2. The third kappa shape index (κ3) is 6.76. The Morgan fingerprint density at radius 3 is 2.57 bits per heavy atom. The standard InChI is InChI=1S/C15H21NO5/c1-10(2)6-13(15(19)20)16-8-11-4-3-5-12(7-11)21-9-14(17)18/h3-5,7,10,13,16H,6,8-9H2,1-2H3,(H,17,18)(H,19,20)/t13-/m0/s1. The van der Waals surface area contributed by atoms with Crippen LogP contribution < -0.4 is 10.1 Å². The highest BCUT2D eigenvalue weighted by atomic mass is 16.5. The second-order valence-corrected chi connectivity index (χ2v) is 5.23. The lowest BCUT2D eigenvalue weighted by atomic mass is 10.0. The topological polar surface area (TPSA) is 95.9 Å². The number of benzene rings is 1. The number of carbonyl (C=O) groups is 2. The van der Waals surface area contributed by atoms with Gasteiger partial charge in [0.25, 0.3) is 0 Å². The van der Waals surface area contributed by atoms with E-state index < -0.39 is 24.6 Å². The van der Waals surface area contributed by atoms with E-state index in [1.54, 1.807) is 18.2 Å². The number of hydrogen-bond donors (Lipinski definition) is 3. The molecule has 0 fully saturated rings. The summed E-state index contributed by atoms with van der Waals surface area (Å²) in [5.41, 5.74) is 0.841. The summed E-state index contributed by atoms with van der Waals surface area (Å²) in [6.45, 7) is 3.92. The minimum absolute atomic E-state index is 0.281. The van der Waals surface area contributed by atoms with Crippen LogP contribution in [0.2, 0.25) is 0 Å². The molecule has 0 saturated heterocycles. The van der Waals surface area contributed by atoms with Crippen molar-refractivity contribution in [1.29, 1.82) is 0 Å². The van der Waals surface area contributed by atoms with Crippen LogP contribution in [0.15, 0.2) is 24.3 Å². The number of aliphatic carboxylic acids is 2. The second-order valence-electron chi connectivity index (χ2n) is 5.23. The predicted octanol–water partition coefficient (Wildman–Crippen LogP) is 1.74. The molecule has 1 rings (SSSR count). The van der Waals surface area contributed by atoms with Crippen LogP contribution in [0, 0.1) is 5.92 Å². The largest absolute Gasteiger partial charge is 0.482 e. The molecule has 6 heteroatoms. The van der Waals surface area contributed by atoms with Crippen LogP contribution in [-0.4, -0.2) is 34.8 Å². The fourth-order valence-corrected chi connectivity index (χ4v) is 1.87. The van der Waals surface area contributed by atoms with E-state index in [9.17, 15) is 9.59 Å². The molecule has 1 aromatic carbocycles. The van der Waals surface area contributed by atoms with Gasteiger partial charge in [0.2, 0.25) is 0 Å². The molecule has 0 aliphatic heterocycles. The molecule has 0 aliphatic carbocycles. The molecule has 0 aliphatic rings. The average molecular weight is 295 g/mol. The van der Waals surface area contributed by atoms with Crippen molar-refractivity contribution in [3.8, 4) is 5.75 Å². The van der Waals surface area contributed by atoms with Crippen LogP contribution in [0.4, 0.5) is 0 Å². The van der Waals surface area contributed by atoms with Crippen molar-refractivity contribution >= 4 is 11.9 Å². The van der Waals surface area contributed by atoms with Crippen molar-refractivity contribution in [2.45, 2.75) is 32.9 Å². The maximum atomic E-state index is 11.1. The summed E-state index contributed by atoms with van der Waals surface area (Å²) < 4.78 is 5.08. The van der Waals surface area contributed by atoms with Gasteiger partial charge < -0.3 is 20.3 Å². The SMILES string of the molecule is CC(C)C[C@H](NCc1cccc(OCC(=O)O)c1)C(=O)O. The van der Waals surface area contributed by atoms with E-state index in [-0.39, 0.29) is 5.92 Å². The summed E-state index contributed by atoms with van der Waals surface area (Å²) in [6, 6.07) is 6.33. The molecule has 0 radical (unpaired) electrons. The van der Waals surface area contributed by atoms with Crippen molar-refractivity contribution in [3.05, 3.63) is 29.8 Å².